The Balaban J connectivity index is 0.00000143. The molecule has 1 saturated heterocycles. The largest absolute Gasteiger partial charge is 0.497 e. The van der Waals surface area contributed by atoms with Gasteiger partial charge in [0.2, 0.25) is 6.41 Å². The Hall–Kier alpha value is -3.42. The standard InChI is InChI=1S/C25H40N4O3.C10H16/c1-6-9-24(31-5)13-17-29(21-30)23(7-2)11-10-22(12-14-26)27-15-18-28-16-8-19-32-25(3,4)20-28;1-4-6-7-8-9-10(3)5-2/h7,9-11,13-14,17,21,26-27H,2,6,8,12,15-16,18-20H2,1,3-5H3;4,6-7,9H,1,5,8H2,2-3H3/b17-13-,22-10+,23-11+,24-9+,26-14?;7-6-,10-9-. The number of hydrogen-bond donors (Lipinski definition) is 2. The minimum Gasteiger partial charge on any atom is -0.497 e. The van der Waals surface area contributed by atoms with E-state index in [1.54, 1.807) is 31.5 Å². The molecule has 1 heterocycles. The highest BCUT2D eigenvalue weighted by molar-refractivity contribution is 5.58. The van der Waals surface area contributed by atoms with Gasteiger partial charge in [0.15, 0.2) is 0 Å². The molecule has 0 aromatic carbocycles. The molecule has 0 aromatic heterocycles. The summed E-state index contributed by atoms with van der Waals surface area (Å²) in [5, 5.41) is 10.9. The van der Waals surface area contributed by atoms with Crippen LogP contribution in [0.3, 0.4) is 0 Å². The van der Waals surface area contributed by atoms with Crippen LogP contribution in [-0.4, -0.2) is 67.9 Å². The Labute approximate surface area is 256 Å². The van der Waals surface area contributed by atoms with Crippen molar-refractivity contribution in [3.63, 3.8) is 0 Å². The molecule has 0 bridgehead atoms. The minimum atomic E-state index is -0.132. The van der Waals surface area contributed by atoms with Gasteiger partial charge in [0.25, 0.3) is 0 Å². The summed E-state index contributed by atoms with van der Waals surface area (Å²) in [6, 6.07) is 0. The smallest absolute Gasteiger partial charge is 0.218 e. The topological polar surface area (TPSA) is 77.9 Å². The first-order chi connectivity index (χ1) is 20.2. The van der Waals surface area contributed by atoms with Gasteiger partial charge in [0, 0.05) is 63.0 Å². The van der Waals surface area contributed by atoms with Crippen molar-refractivity contribution in [1.82, 2.24) is 15.1 Å². The van der Waals surface area contributed by atoms with Gasteiger partial charge in [-0.05, 0) is 76.8 Å². The number of nitrogens with one attached hydrogen (secondary N) is 2. The number of carbonyl (C=O) groups is 1. The average molecular weight is 581 g/mol. The first-order valence-corrected chi connectivity index (χ1v) is 14.9. The van der Waals surface area contributed by atoms with Crippen molar-refractivity contribution in [2.24, 2.45) is 0 Å². The summed E-state index contributed by atoms with van der Waals surface area (Å²) < 4.78 is 11.2. The van der Waals surface area contributed by atoms with Gasteiger partial charge in [-0.2, -0.15) is 0 Å². The molecule has 1 aliphatic rings. The maximum atomic E-state index is 11.6. The Kier molecular flexibility index (Phi) is 22.2. The molecule has 0 atom stereocenters. The van der Waals surface area contributed by atoms with E-state index < -0.39 is 0 Å². The third-order valence-corrected chi connectivity index (χ3v) is 6.37. The van der Waals surface area contributed by atoms with Crippen molar-refractivity contribution < 1.29 is 14.3 Å². The molecule has 7 nitrogen and oxygen atoms in total. The lowest BCUT2D eigenvalue weighted by Gasteiger charge is -2.29. The van der Waals surface area contributed by atoms with Crippen LogP contribution >= 0.6 is 0 Å². The normalized spacial score (nSPS) is 16.8. The molecule has 2 N–H and O–H groups in total. The molecule has 1 rings (SSSR count). The second-order valence-electron chi connectivity index (χ2n) is 10.4. The van der Waals surface area contributed by atoms with E-state index in [4.69, 9.17) is 14.9 Å². The fourth-order valence-electron chi connectivity index (χ4n) is 3.96. The monoisotopic (exact) mass is 580 g/mol. The van der Waals surface area contributed by atoms with E-state index in [1.165, 1.54) is 16.7 Å². The molecular formula is C35H56N4O3. The van der Waals surface area contributed by atoms with Gasteiger partial charge >= 0.3 is 0 Å². The zero-order chi connectivity index (χ0) is 31.6. The zero-order valence-electron chi connectivity index (χ0n) is 27.0. The van der Waals surface area contributed by atoms with E-state index in [0.29, 0.717) is 17.9 Å². The molecule has 234 valence electrons. The predicted octanol–water partition coefficient (Wildman–Crippen LogP) is 7.46. The van der Waals surface area contributed by atoms with Crippen molar-refractivity contribution in [1.29, 1.82) is 5.41 Å². The highest BCUT2D eigenvalue weighted by Crippen LogP contribution is 2.16. The molecule has 0 aliphatic carbocycles. The third-order valence-electron chi connectivity index (χ3n) is 6.37. The molecule has 0 saturated carbocycles. The quantitative estimate of drug-likeness (QED) is 0.0579. The molecule has 7 heteroatoms. The maximum Gasteiger partial charge on any atom is 0.218 e. The van der Waals surface area contributed by atoms with Crippen LogP contribution in [0.2, 0.25) is 0 Å². The second-order valence-corrected chi connectivity index (χ2v) is 10.4. The summed E-state index contributed by atoms with van der Waals surface area (Å²) >= 11 is 0. The Morgan fingerprint density at radius 3 is 2.57 bits per heavy atom. The van der Waals surface area contributed by atoms with Gasteiger partial charge in [-0.3, -0.25) is 14.6 Å². The predicted molar refractivity (Wildman–Crippen MR) is 179 cm³/mol. The molecule has 42 heavy (non-hydrogen) atoms. The average Bonchev–Trinajstić information content (AvgIpc) is 3.15. The fourth-order valence-corrected chi connectivity index (χ4v) is 3.96. The first-order valence-electron chi connectivity index (χ1n) is 14.9. The van der Waals surface area contributed by atoms with Gasteiger partial charge in [-0.25, -0.2) is 0 Å². The number of rotatable bonds is 18. The van der Waals surface area contributed by atoms with Gasteiger partial charge < -0.3 is 20.2 Å². The SMILES string of the molecule is C=C/C(=C\C=C(/CC=N)NCCN1CCCOC(C)(C)C1)N(C=O)/C=C\C(=C/CC)OC.C=C/C=C\C/C=C(/C)CC. The third kappa shape index (κ3) is 18.8. The van der Waals surface area contributed by atoms with Crippen molar-refractivity contribution in [3.8, 4) is 0 Å². The molecule has 0 unspecified atom stereocenters. The Morgan fingerprint density at radius 2 is 1.98 bits per heavy atom. The van der Waals surface area contributed by atoms with Gasteiger partial charge in [0.1, 0.15) is 5.76 Å². The van der Waals surface area contributed by atoms with Crippen LogP contribution in [0, 0.1) is 5.41 Å². The molecule has 0 spiro atoms. The lowest BCUT2D eigenvalue weighted by atomic mass is 10.1. The Bertz CT molecular complexity index is 986. The molecule has 1 amide bonds. The molecule has 1 aliphatic heterocycles. The highest BCUT2D eigenvalue weighted by atomic mass is 16.5. The van der Waals surface area contributed by atoms with E-state index in [0.717, 1.165) is 70.6 Å². The van der Waals surface area contributed by atoms with Crippen molar-refractivity contribution in [3.05, 3.63) is 96.8 Å². The summed E-state index contributed by atoms with van der Waals surface area (Å²) in [7, 11) is 1.60. The van der Waals surface area contributed by atoms with Crippen LogP contribution in [0.4, 0.5) is 0 Å². The van der Waals surface area contributed by atoms with Crippen LogP contribution in [0.5, 0.6) is 0 Å². The molecular weight excluding hydrogens is 524 g/mol. The summed E-state index contributed by atoms with van der Waals surface area (Å²) in [5.74, 6) is 0.687. The summed E-state index contributed by atoms with van der Waals surface area (Å²) in [4.78, 5) is 15.4. The van der Waals surface area contributed by atoms with E-state index in [1.807, 2.05) is 31.2 Å². The molecule has 1 fully saturated rings. The number of methoxy groups -OCH3 is 1. The van der Waals surface area contributed by atoms with Crippen LogP contribution in [0.25, 0.3) is 0 Å². The van der Waals surface area contributed by atoms with Crippen molar-refractivity contribution >= 4 is 12.6 Å². The van der Waals surface area contributed by atoms with E-state index in [2.05, 4.69) is 63.2 Å². The van der Waals surface area contributed by atoms with E-state index in [9.17, 15) is 4.79 Å². The van der Waals surface area contributed by atoms with Crippen LogP contribution < -0.4 is 5.32 Å². The Morgan fingerprint density at radius 1 is 1.21 bits per heavy atom. The van der Waals surface area contributed by atoms with Crippen molar-refractivity contribution in [2.75, 3.05) is 39.9 Å². The number of amides is 1. The van der Waals surface area contributed by atoms with Crippen LogP contribution in [-0.2, 0) is 14.3 Å². The summed E-state index contributed by atoms with van der Waals surface area (Å²) in [6.07, 6.45) is 25.4. The number of hydrogen-bond acceptors (Lipinski definition) is 6. The van der Waals surface area contributed by atoms with E-state index >= 15 is 0 Å². The zero-order valence-corrected chi connectivity index (χ0v) is 27.0. The second kappa shape index (κ2) is 24.2. The summed E-state index contributed by atoms with van der Waals surface area (Å²) in [6.45, 7) is 22.4. The highest BCUT2D eigenvalue weighted by Gasteiger charge is 2.24. The first kappa shape index (κ1) is 38.6. The van der Waals surface area contributed by atoms with Crippen LogP contribution in [0.15, 0.2) is 96.8 Å². The maximum absolute atomic E-state index is 11.6. The van der Waals surface area contributed by atoms with Crippen molar-refractivity contribution in [2.45, 2.75) is 72.3 Å². The fraction of sp³-hybridized carbons (Fsp3) is 0.486. The van der Waals surface area contributed by atoms with Crippen LogP contribution in [0.1, 0.15) is 66.7 Å². The lowest BCUT2D eigenvalue weighted by molar-refractivity contribution is -0.114. The van der Waals surface area contributed by atoms with Gasteiger partial charge in [-0.15, -0.1) is 0 Å². The molecule has 0 aromatic rings. The lowest BCUT2D eigenvalue weighted by Crippen LogP contribution is -2.41. The van der Waals surface area contributed by atoms with Gasteiger partial charge in [-0.1, -0.05) is 56.9 Å². The summed E-state index contributed by atoms with van der Waals surface area (Å²) in [5.41, 5.74) is 2.85. The number of carbonyl (C=O) groups excluding carboxylic acids is 1. The molecule has 0 radical (unpaired) electrons. The van der Waals surface area contributed by atoms with E-state index in [-0.39, 0.29) is 5.60 Å². The number of nitrogens with zero attached hydrogens (tertiary/aromatic N) is 2. The minimum absolute atomic E-state index is 0.132. The number of allylic oxidation sites excluding steroid dienone is 11. The number of ether oxygens (including phenoxy) is 2. The van der Waals surface area contributed by atoms with Gasteiger partial charge in [0.05, 0.1) is 12.7 Å².